The number of H-pyrrole nitrogens is 1. The molecule has 0 spiro atoms. The molecule has 10 rings (SSSR count). The number of hydrogen-bond donors (Lipinski definition) is 1. The fourth-order valence-corrected chi connectivity index (χ4v) is 9.17. The monoisotopic (exact) mass is 724 g/mol. The zero-order valence-corrected chi connectivity index (χ0v) is 30.9. The van der Waals surface area contributed by atoms with E-state index >= 15 is 0 Å². The van der Waals surface area contributed by atoms with Crippen LogP contribution in [0.4, 0.5) is 0 Å². The summed E-state index contributed by atoms with van der Waals surface area (Å²) >= 11 is 3.56. The van der Waals surface area contributed by atoms with Gasteiger partial charge in [-0.15, -0.1) is 22.7 Å². The van der Waals surface area contributed by atoms with Gasteiger partial charge in [-0.2, -0.15) is 0 Å². The van der Waals surface area contributed by atoms with Crippen molar-refractivity contribution in [3.63, 3.8) is 0 Å². The fourth-order valence-electron chi connectivity index (χ4n) is 7.73. The molecule has 254 valence electrons. The lowest BCUT2D eigenvalue weighted by Crippen LogP contribution is -2.53. The molecule has 2 nitrogen and oxygen atoms in total. The SMILES string of the molecule is c1ccc(B(c2cccc(-c3cc(-c4ccccc4)cc(-c4ccccc4)c3)n2)c2cc(-c3cccs3)cc3c2[nH]c2ccc(-c4cccs4)cc23)cc1. The lowest BCUT2D eigenvalue weighted by Gasteiger charge is -2.18. The maximum absolute atomic E-state index is 5.56. The van der Waals surface area contributed by atoms with Gasteiger partial charge in [-0.25, -0.2) is 0 Å². The van der Waals surface area contributed by atoms with E-state index in [1.807, 2.05) is 0 Å². The third kappa shape index (κ3) is 6.08. The number of fused-ring (bicyclic) bond motifs is 3. The number of nitrogens with zero attached hydrogens (tertiary/aromatic N) is 1. The number of pyridine rings is 1. The molecule has 0 atom stereocenters. The Labute approximate surface area is 323 Å². The number of benzene rings is 6. The summed E-state index contributed by atoms with van der Waals surface area (Å²) in [7, 11) is 0. The van der Waals surface area contributed by atoms with Gasteiger partial charge in [-0.3, -0.25) is 4.98 Å². The maximum Gasteiger partial charge on any atom is 0.267 e. The minimum Gasteiger partial charge on any atom is -0.355 e. The molecular formula is C49H33BN2S2. The van der Waals surface area contributed by atoms with Gasteiger partial charge in [0.1, 0.15) is 0 Å². The highest BCUT2D eigenvalue weighted by Crippen LogP contribution is 2.36. The van der Waals surface area contributed by atoms with Gasteiger partial charge in [-0.1, -0.05) is 127 Å². The molecule has 0 unspecified atom stereocenters. The van der Waals surface area contributed by atoms with Crippen LogP contribution in [0.5, 0.6) is 0 Å². The standard InChI is InChI=1S/C49H33BN2S2/c1-4-13-33(14-5-1)36-27-37(34-15-6-2-7-16-34)29-38(28-36)44-19-10-22-48(51-44)50(40-17-8-3-9-18-40)43-32-39(47-21-12-26-54-47)31-42-41-30-35(46-20-11-25-53-46)23-24-45(41)52-49(42)43/h1-32,52H. The smallest absolute Gasteiger partial charge is 0.267 e. The lowest BCUT2D eigenvalue weighted by atomic mass is 9.38. The third-order valence-corrected chi connectivity index (χ3v) is 12.1. The molecule has 54 heavy (non-hydrogen) atoms. The summed E-state index contributed by atoms with van der Waals surface area (Å²) < 4.78 is 0. The first-order chi connectivity index (χ1) is 26.7. The first kappa shape index (κ1) is 32.4. The van der Waals surface area contributed by atoms with E-state index in [0.29, 0.717) is 0 Å². The normalized spacial score (nSPS) is 11.3. The van der Waals surface area contributed by atoms with Crippen LogP contribution in [0.25, 0.3) is 76.2 Å². The second-order valence-corrected chi connectivity index (χ2v) is 15.5. The second kappa shape index (κ2) is 13.9. The molecule has 0 saturated heterocycles. The predicted octanol–water partition coefficient (Wildman–Crippen LogP) is 11.7. The Balaban J connectivity index is 1.19. The zero-order valence-electron chi connectivity index (χ0n) is 29.3. The predicted molar refractivity (Wildman–Crippen MR) is 234 cm³/mol. The van der Waals surface area contributed by atoms with Crippen molar-refractivity contribution in [2.45, 2.75) is 0 Å². The summed E-state index contributed by atoms with van der Waals surface area (Å²) in [4.78, 5) is 12.0. The number of aromatic amines is 1. The molecule has 0 saturated carbocycles. The average Bonchev–Trinajstić information content (AvgIpc) is 4.05. The Morgan fingerprint density at radius 3 is 1.69 bits per heavy atom. The minimum absolute atomic E-state index is 0.121. The van der Waals surface area contributed by atoms with Gasteiger partial charge >= 0.3 is 0 Å². The Hall–Kier alpha value is -6.27. The van der Waals surface area contributed by atoms with E-state index in [-0.39, 0.29) is 6.71 Å². The molecule has 0 radical (unpaired) electrons. The summed E-state index contributed by atoms with van der Waals surface area (Å²) in [5.41, 5.74) is 14.9. The number of rotatable bonds is 8. The molecule has 0 aliphatic carbocycles. The van der Waals surface area contributed by atoms with Gasteiger partial charge in [-0.05, 0) is 110 Å². The summed E-state index contributed by atoms with van der Waals surface area (Å²) in [6.07, 6.45) is 0. The van der Waals surface area contributed by atoms with Crippen LogP contribution in [-0.4, -0.2) is 16.7 Å². The van der Waals surface area contributed by atoms with Gasteiger partial charge < -0.3 is 4.98 Å². The fraction of sp³-hybridized carbons (Fsp3) is 0. The van der Waals surface area contributed by atoms with Crippen LogP contribution in [0, 0.1) is 0 Å². The van der Waals surface area contributed by atoms with E-state index < -0.39 is 0 Å². The van der Waals surface area contributed by atoms with E-state index in [1.165, 1.54) is 64.8 Å². The van der Waals surface area contributed by atoms with Crippen LogP contribution >= 0.6 is 22.7 Å². The Kier molecular flexibility index (Phi) is 8.36. The number of thiophene rings is 2. The lowest BCUT2D eigenvalue weighted by molar-refractivity contribution is 1.37. The van der Waals surface area contributed by atoms with Crippen molar-refractivity contribution in [3.05, 3.63) is 193 Å². The van der Waals surface area contributed by atoms with E-state index in [0.717, 1.165) is 27.9 Å². The topological polar surface area (TPSA) is 28.7 Å². The highest BCUT2D eigenvalue weighted by Gasteiger charge is 2.28. The molecule has 1 N–H and O–H groups in total. The number of hydrogen-bond acceptors (Lipinski definition) is 3. The molecule has 10 aromatic rings. The molecule has 4 heterocycles. The third-order valence-electron chi connectivity index (χ3n) is 10.3. The minimum atomic E-state index is -0.121. The Morgan fingerprint density at radius 2 is 1.04 bits per heavy atom. The van der Waals surface area contributed by atoms with Gasteiger partial charge in [0.25, 0.3) is 6.71 Å². The number of nitrogens with one attached hydrogen (secondary N) is 1. The van der Waals surface area contributed by atoms with Gasteiger partial charge in [0.05, 0.1) is 5.69 Å². The summed E-state index contributed by atoms with van der Waals surface area (Å²) in [6, 6.07) is 65.8. The van der Waals surface area contributed by atoms with Crippen LogP contribution in [0.15, 0.2) is 193 Å². The van der Waals surface area contributed by atoms with E-state index in [2.05, 4.69) is 198 Å². The summed E-state index contributed by atoms with van der Waals surface area (Å²) in [5, 5.41) is 6.77. The molecule has 0 aliphatic heterocycles. The number of aromatic nitrogens is 2. The van der Waals surface area contributed by atoms with Crippen LogP contribution in [0.3, 0.4) is 0 Å². The first-order valence-electron chi connectivity index (χ1n) is 18.2. The van der Waals surface area contributed by atoms with Crippen LogP contribution in [0.1, 0.15) is 0 Å². The van der Waals surface area contributed by atoms with E-state index in [9.17, 15) is 0 Å². The van der Waals surface area contributed by atoms with Crippen LogP contribution in [0.2, 0.25) is 0 Å². The van der Waals surface area contributed by atoms with Crippen molar-refractivity contribution in [2.24, 2.45) is 0 Å². The van der Waals surface area contributed by atoms with Gasteiger partial charge in [0.2, 0.25) is 0 Å². The van der Waals surface area contributed by atoms with Crippen molar-refractivity contribution in [3.8, 4) is 54.4 Å². The van der Waals surface area contributed by atoms with E-state index in [1.54, 1.807) is 22.7 Å². The molecular weight excluding hydrogens is 691 g/mol. The van der Waals surface area contributed by atoms with Crippen molar-refractivity contribution in [2.75, 3.05) is 0 Å². The van der Waals surface area contributed by atoms with Gasteiger partial charge in [0, 0.05) is 42.7 Å². The molecule has 5 heteroatoms. The zero-order chi connectivity index (χ0) is 35.8. The van der Waals surface area contributed by atoms with Crippen LogP contribution < -0.4 is 16.5 Å². The molecule has 6 aromatic carbocycles. The maximum atomic E-state index is 5.56. The molecule has 0 amide bonds. The average molecular weight is 725 g/mol. The Bertz CT molecular complexity index is 2810. The van der Waals surface area contributed by atoms with Crippen molar-refractivity contribution < 1.29 is 0 Å². The van der Waals surface area contributed by atoms with Crippen LogP contribution in [-0.2, 0) is 0 Å². The Morgan fingerprint density at radius 1 is 0.426 bits per heavy atom. The van der Waals surface area contributed by atoms with Crippen molar-refractivity contribution >= 4 is 67.7 Å². The quantitative estimate of drug-likeness (QED) is 0.155. The first-order valence-corrected chi connectivity index (χ1v) is 20.0. The van der Waals surface area contributed by atoms with Crippen molar-refractivity contribution in [1.82, 2.24) is 9.97 Å². The van der Waals surface area contributed by atoms with E-state index in [4.69, 9.17) is 4.98 Å². The van der Waals surface area contributed by atoms with Crippen molar-refractivity contribution in [1.29, 1.82) is 0 Å². The second-order valence-electron chi connectivity index (χ2n) is 13.7. The highest BCUT2D eigenvalue weighted by molar-refractivity contribution is 7.13. The highest BCUT2D eigenvalue weighted by atomic mass is 32.1. The molecule has 0 aliphatic rings. The largest absolute Gasteiger partial charge is 0.355 e. The summed E-state index contributed by atoms with van der Waals surface area (Å²) in [5.74, 6) is 0. The molecule has 4 aromatic heterocycles. The molecule has 0 fully saturated rings. The molecule has 0 bridgehead atoms. The van der Waals surface area contributed by atoms with Gasteiger partial charge in [0.15, 0.2) is 0 Å². The summed E-state index contributed by atoms with van der Waals surface area (Å²) in [6.45, 7) is -0.121.